The van der Waals surface area contributed by atoms with Crippen molar-refractivity contribution in [1.29, 1.82) is 0 Å². The van der Waals surface area contributed by atoms with E-state index in [9.17, 15) is 31.2 Å². The van der Waals surface area contributed by atoms with Crippen molar-refractivity contribution in [2.24, 2.45) is 0 Å². The largest absolute Gasteiger partial charge is 0.481 e. The first kappa shape index (κ1) is 31.5. The molecule has 0 amide bonds. The zero-order valence-corrected chi connectivity index (χ0v) is 25.0. The molecule has 0 aliphatic carbocycles. The number of unbranched alkanes of at least 4 members (excludes halogenated alkanes) is 1. The van der Waals surface area contributed by atoms with Crippen molar-refractivity contribution in [2.75, 3.05) is 0 Å². The van der Waals surface area contributed by atoms with Gasteiger partial charge < -0.3 is 19.4 Å². The highest BCUT2D eigenvalue weighted by atomic mass is 32.2. The number of imidazole rings is 1. The van der Waals surface area contributed by atoms with Crippen LogP contribution < -0.4 is 10.3 Å². The minimum atomic E-state index is -4.08. The van der Waals surface area contributed by atoms with Crippen LogP contribution in [0.4, 0.5) is 13.2 Å². The zero-order valence-electron chi connectivity index (χ0n) is 24.2. The molecular weight excluding hydrogens is 643 g/mol. The van der Waals surface area contributed by atoms with E-state index in [0.29, 0.717) is 35.4 Å². The van der Waals surface area contributed by atoms with E-state index < -0.39 is 44.7 Å². The summed E-state index contributed by atoms with van der Waals surface area (Å²) in [5.41, 5.74) is 1.46. The van der Waals surface area contributed by atoms with Crippen molar-refractivity contribution < 1.29 is 40.8 Å². The molecule has 0 saturated carbocycles. The lowest BCUT2D eigenvalue weighted by atomic mass is 10.1. The number of carboxylic acid groups (broad SMARTS) is 1. The molecule has 3 aromatic heterocycles. The number of aliphatic carboxylic acids is 1. The molecule has 0 aliphatic heterocycles. The molecule has 0 atom stereocenters. The molecule has 0 radical (unpaired) electrons. The first-order valence-electron chi connectivity index (χ1n) is 14.1. The summed E-state index contributed by atoms with van der Waals surface area (Å²) in [6.45, 7) is -3.05. The molecular formula is C31H24F3N5O7S. The Labute approximate surface area is 263 Å². The minimum absolute atomic E-state index is 0.0129. The Balaban J connectivity index is 1.28. The van der Waals surface area contributed by atoms with E-state index in [2.05, 4.69) is 19.9 Å². The fourth-order valence-corrected chi connectivity index (χ4v) is 6.19. The molecule has 0 saturated heterocycles. The van der Waals surface area contributed by atoms with Gasteiger partial charge in [-0.15, -0.1) is 0 Å². The number of aryl methyl sites for hydroxylation is 1. The maximum Gasteiger partial charge on any atom is 0.387 e. The molecule has 2 N–H and O–H groups in total. The number of hydrogen-bond donors (Lipinski definition) is 2. The Hall–Kier alpha value is -5.51. The average Bonchev–Trinajstić information content (AvgIpc) is 3.67. The highest BCUT2D eigenvalue weighted by Crippen LogP contribution is 2.27. The summed E-state index contributed by atoms with van der Waals surface area (Å²) >= 11 is 0. The van der Waals surface area contributed by atoms with E-state index >= 15 is 0 Å². The van der Waals surface area contributed by atoms with Crippen molar-refractivity contribution in [1.82, 2.24) is 24.7 Å². The van der Waals surface area contributed by atoms with Gasteiger partial charge >= 0.3 is 12.6 Å². The van der Waals surface area contributed by atoms with Crippen LogP contribution in [-0.2, 0) is 26.8 Å². The number of carbonyl (C=O) groups is 1. The number of halogens is 3. The van der Waals surface area contributed by atoms with Crippen LogP contribution in [0.5, 0.6) is 5.75 Å². The number of sulfone groups is 1. The predicted octanol–water partition coefficient (Wildman–Crippen LogP) is 5.43. The van der Waals surface area contributed by atoms with Crippen molar-refractivity contribution in [3.8, 4) is 22.7 Å². The summed E-state index contributed by atoms with van der Waals surface area (Å²) in [7, 11) is -4.08. The van der Waals surface area contributed by atoms with Gasteiger partial charge in [0.2, 0.25) is 15.0 Å². The van der Waals surface area contributed by atoms with Gasteiger partial charge in [-0.05, 0) is 61.4 Å². The lowest BCUT2D eigenvalue weighted by Gasteiger charge is -2.14. The molecule has 47 heavy (non-hydrogen) atoms. The third-order valence-electron chi connectivity index (χ3n) is 7.20. The Morgan fingerprint density at radius 1 is 1.00 bits per heavy atom. The summed E-state index contributed by atoms with van der Waals surface area (Å²) in [5, 5.41) is 12.8. The standard InChI is InChI=1S/C31H24F3N5O7S/c32-18-6-8-19(9-7-18)39-27(3-1-2-4-28(40)41)35-25-13-17(5-11-22(25)29(39)42)24-15-21(46-38-24)16-47(43,44)31-36-23-12-10-20(45-30(33)34)14-26(23)37-31/h5-15,30H,1-4,16H2,(H,36,37)(H,40,41). The van der Waals surface area contributed by atoms with Crippen molar-refractivity contribution in [2.45, 2.75) is 43.2 Å². The Bertz CT molecular complexity index is 2280. The van der Waals surface area contributed by atoms with Crippen LogP contribution >= 0.6 is 0 Å². The van der Waals surface area contributed by atoms with E-state index in [1.165, 1.54) is 53.1 Å². The predicted molar refractivity (Wildman–Crippen MR) is 162 cm³/mol. The van der Waals surface area contributed by atoms with Crippen molar-refractivity contribution >= 4 is 37.7 Å². The van der Waals surface area contributed by atoms with Crippen LogP contribution in [0, 0.1) is 5.82 Å². The van der Waals surface area contributed by atoms with Gasteiger partial charge in [0.05, 0.1) is 27.6 Å². The molecule has 0 unspecified atom stereocenters. The number of hydrogen-bond acceptors (Lipinski definition) is 9. The number of nitrogens with zero attached hydrogens (tertiary/aromatic N) is 4. The number of rotatable bonds is 12. The zero-order chi connectivity index (χ0) is 33.3. The fourth-order valence-electron chi connectivity index (χ4n) is 5.04. The third-order valence-corrected chi connectivity index (χ3v) is 8.65. The first-order chi connectivity index (χ1) is 22.5. The SMILES string of the molecule is O=C(O)CCCCc1nc2cc(-c3cc(CS(=O)(=O)c4nc5ccc(OC(F)F)cc5[nH]4)on3)ccc2c(=O)n1-c1ccc(F)cc1. The Kier molecular flexibility index (Phi) is 8.51. The number of aromatic nitrogens is 5. The Morgan fingerprint density at radius 3 is 2.53 bits per heavy atom. The number of ether oxygens (including phenoxy) is 1. The number of benzene rings is 3. The monoisotopic (exact) mass is 667 g/mol. The summed E-state index contributed by atoms with van der Waals surface area (Å²) in [6.07, 6.45) is 1.02. The van der Waals surface area contributed by atoms with Gasteiger partial charge in [-0.2, -0.15) is 8.78 Å². The highest BCUT2D eigenvalue weighted by molar-refractivity contribution is 7.90. The molecule has 242 valence electrons. The maximum atomic E-state index is 13.6. The Morgan fingerprint density at radius 2 is 1.79 bits per heavy atom. The molecule has 6 rings (SSSR count). The third kappa shape index (κ3) is 6.86. The lowest BCUT2D eigenvalue weighted by Crippen LogP contribution is -2.24. The molecule has 0 bridgehead atoms. The van der Waals surface area contributed by atoms with Gasteiger partial charge in [0.15, 0.2) is 5.76 Å². The van der Waals surface area contributed by atoms with Gasteiger partial charge in [0.1, 0.15) is 28.8 Å². The molecule has 0 aliphatic rings. The topological polar surface area (TPSA) is 170 Å². The fraction of sp³-hybridized carbons (Fsp3) is 0.194. The summed E-state index contributed by atoms with van der Waals surface area (Å²) < 4.78 is 76.0. The van der Waals surface area contributed by atoms with Crippen LogP contribution in [0.25, 0.3) is 38.9 Å². The molecule has 0 fully saturated rings. The number of carboxylic acids is 1. The van der Waals surface area contributed by atoms with Gasteiger partial charge in [-0.1, -0.05) is 11.2 Å². The smallest absolute Gasteiger partial charge is 0.387 e. The summed E-state index contributed by atoms with van der Waals surface area (Å²) in [5.74, 6) is -1.86. The number of fused-ring (bicyclic) bond motifs is 2. The highest BCUT2D eigenvalue weighted by Gasteiger charge is 2.24. The van der Waals surface area contributed by atoms with Crippen LogP contribution in [0.3, 0.4) is 0 Å². The second-order valence-electron chi connectivity index (χ2n) is 10.5. The van der Waals surface area contributed by atoms with Gasteiger partial charge in [-0.25, -0.2) is 22.8 Å². The second kappa shape index (κ2) is 12.7. The molecule has 0 spiro atoms. The van der Waals surface area contributed by atoms with Gasteiger partial charge in [0, 0.05) is 30.5 Å². The average molecular weight is 668 g/mol. The van der Waals surface area contributed by atoms with Crippen molar-refractivity contribution in [3.05, 3.63) is 94.5 Å². The van der Waals surface area contributed by atoms with Gasteiger partial charge in [-0.3, -0.25) is 14.2 Å². The van der Waals surface area contributed by atoms with Crippen LogP contribution in [0.2, 0.25) is 0 Å². The van der Waals surface area contributed by atoms with E-state index in [0.717, 1.165) is 0 Å². The molecule has 16 heteroatoms. The number of H-pyrrole nitrogens is 1. The first-order valence-corrected chi connectivity index (χ1v) is 15.8. The number of aromatic amines is 1. The van der Waals surface area contributed by atoms with E-state index in [4.69, 9.17) is 14.6 Å². The van der Waals surface area contributed by atoms with Crippen molar-refractivity contribution in [3.63, 3.8) is 0 Å². The van der Waals surface area contributed by atoms with Crippen LogP contribution in [0.15, 0.2) is 81.2 Å². The van der Waals surface area contributed by atoms with Gasteiger partial charge in [0.25, 0.3) is 5.56 Å². The normalized spacial score (nSPS) is 11.9. The summed E-state index contributed by atoms with van der Waals surface area (Å²) in [4.78, 5) is 36.0. The van der Waals surface area contributed by atoms with E-state index in [1.54, 1.807) is 18.2 Å². The molecule has 12 nitrogen and oxygen atoms in total. The van der Waals surface area contributed by atoms with Crippen LogP contribution in [-0.4, -0.2) is 50.8 Å². The summed E-state index contributed by atoms with van der Waals surface area (Å²) in [6, 6.07) is 15.3. The molecule has 3 heterocycles. The second-order valence-corrected chi connectivity index (χ2v) is 12.4. The number of alkyl halides is 2. The molecule has 6 aromatic rings. The van der Waals surface area contributed by atoms with Crippen LogP contribution in [0.1, 0.15) is 30.8 Å². The maximum absolute atomic E-state index is 13.6. The minimum Gasteiger partial charge on any atom is -0.481 e. The molecule has 3 aromatic carbocycles. The lowest BCUT2D eigenvalue weighted by molar-refractivity contribution is -0.137. The van der Waals surface area contributed by atoms with E-state index in [-0.39, 0.29) is 46.5 Å². The quantitative estimate of drug-likeness (QED) is 0.161. The van der Waals surface area contributed by atoms with E-state index in [1.807, 2.05) is 0 Å². The number of nitrogens with one attached hydrogen (secondary N) is 1.